The Morgan fingerprint density at radius 3 is 1.61 bits per heavy atom. The van der Waals surface area contributed by atoms with Gasteiger partial charge in [-0.2, -0.15) is 0 Å². The molecule has 2 unspecified atom stereocenters. The number of rotatable bonds is 3. The van der Waals surface area contributed by atoms with E-state index in [1.54, 1.807) is 5.56 Å². The van der Waals surface area contributed by atoms with Crippen LogP contribution < -0.4 is 26.2 Å². The van der Waals surface area contributed by atoms with Gasteiger partial charge in [-0.3, -0.25) is 0 Å². The Kier molecular flexibility index (Phi) is 9.73. The minimum Gasteiger partial charge on any atom is -0.335 e. The van der Waals surface area contributed by atoms with Crippen LogP contribution in [0.15, 0.2) is 97.1 Å². The Hall–Kier alpha value is -5.48. The standard InChI is InChI=1S/C73H86BN3/c1-65(2,3)43-35-49-60-48-23-19-20-24-50(48)71(15,16)64(60)76-58-41-47(75(45-25-27-51-53(39-45)69(11,12)33-31-67(51,7)8)46-26-28-52-54(40-46)70(13,14)34-32-68(52,9)10)42-59-61(58)74(56(37-43)62(49)76)57-38-44(66(4,5)6)36-55-63(57)77(59)73(18)30-22-21-29-72(55,73)17/h19-20,23-28,35-42H,21-22,29-34H2,1-18H3. The molecule has 7 aromatic rings. The van der Waals surface area contributed by atoms with Crippen LogP contribution in [-0.2, 0) is 43.3 Å². The van der Waals surface area contributed by atoms with Crippen molar-refractivity contribution in [2.75, 3.05) is 9.80 Å². The van der Waals surface area contributed by atoms with Gasteiger partial charge in [-0.15, -0.1) is 0 Å². The van der Waals surface area contributed by atoms with Crippen LogP contribution >= 0.6 is 0 Å². The molecule has 0 bridgehead atoms. The first-order valence-corrected chi connectivity index (χ1v) is 30.0. The van der Waals surface area contributed by atoms with E-state index in [0.717, 1.165) is 6.42 Å². The van der Waals surface area contributed by atoms with E-state index >= 15 is 0 Å². The summed E-state index contributed by atoms with van der Waals surface area (Å²) in [5.41, 5.74) is 30.0. The summed E-state index contributed by atoms with van der Waals surface area (Å²) in [7, 11) is 0. The number of benzene rings is 6. The first kappa shape index (κ1) is 49.8. The SMILES string of the molecule is CC(C)(C)c1cc2c3c(c1)C1(C)CCCCC1(C)N3c1cc(N(c3ccc4c(c3)C(C)(C)CCC4(C)C)c3ccc4c(c3)C(C)(C)CCC4(C)C)cc3c1B2c1cc(C(C)(C)C)cc2c4c(n-3c12)C(C)(C)c1ccccc1-4. The molecular formula is C73H86BN3. The number of anilines is 5. The summed E-state index contributed by atoms with van der Waals surface area (Å²) >= 11 is 0. The predicted octanol–water partition coefficient (Wildman–Crippen LogP) is 17.6. The molecule has 4 heteroatoms. The summed E-state index contributed by atoms with van der Waals surface area (Å²) in [4.78, 5) is 5.70. The molecule has 2 atom stereocenters. The van der Waals surface area contributed by atoms with Gasteiger partial charge in [-0.1, -0.05) is 185 Å². The lowest BCUT2D eigenvalue weighted by atomic mass is 9.33. The minimum absolute atomic E-state index is 0.0163. The molecule has 14 rings (SSSR count). The van der Waals surface area contributed by atoms with Crippen molar-refractivity contribution in [1.82, 2.24) is 4.57 Å². The molecule has 1 saturated carbocycles. The number of fused-ring (bicyclic) bond motifs is 14. The highest BCUT2D eigenvalue weighted by atomic mass is 15.3. The van der Waals surface area contributed by atoms with E-state index in [9.17, 15) is 0 Å². The molecule has 77 heavy (non-hydrogen) atoms. The monoisotopic (exact) mass is 1020 g/mol. The van der Waals surface area contributed by atoms with Gasteiger partial charge in [0.15, 0.2) is 0 Å². The minimum atomic E-state index is -0.242. The molecule has 4 heterocycles. The van der Waals surface area contributed by atoms with Gasteiger partial charge in [0.1, 0.15) is 0 Å². The zero-order valence-corrected chi connectivity index (χ0v) is 50.3. The van der Waals surface area contributed by atoms with Crippen molar-refractivity contribution in [3.63, 3.8) is 0 Å². The third-order valence-corrected chi connectivity index (χ3v) is 22.5. The van der Waals surface area contributed by atoms with E-state index < -0.39 is 0 Å². The highest BCUT2D eigenvalue weighted by molar-refractivity contribution is 7.00. The van der Waals surface area contributed by atoms with Crippen molar-refractivity contribution in [2.45, 2.75) is 225 Å². The number of hydrogen-bond donors (Lipinski definition) is 0. The summed E-state index contributed by atoms with van der Waals surface area (Å²) in [6, 6.07) is 40.8. The van der Waals surface area contributed by atoms with E-state index in [-0.39, 0.29) is 55.6 Å². The van der Waals surface area contributed by atoms with Crippen molar-refractivity contribution in [3.05, 3.63) is 147 Å². The van der Waals surface area contributed by atoms with Crippen LogP contribution in [0.1, 0.15) is 226 Å². The van der Waals surface area contributed by atoms with Gasteiger partial charge in [-0.05, 0) is 187 Å². The van der Waals surface area contributed by atoms with E-state index in [1.165, 1.54) is 162 Å². The Bertz CT molecular complexity index is 3680. The fourth-order valence-electron chi connectivity index (χ4n) is 17.2. The lowest BCUT2D eigenvalue weighted by Crippen LogP contribution is -2.64. The summed E-state index contributed by atoms with van der Waals surface area (Å²) in [5, 5.41) is 1.41. The van der Waals surface area contributed by atoms with E-state index in [0.29, 0.717) is 0 Å². The second-order valence-electron chi connectivity index (χ2n) is 31.5. The summed E-state index contributed by atoms with van der Waals surface area (Å²) in [6.45, 7) is 44.9. The van der Waals surface area contributed by atoms with Gasteiger partial charge in [0.05, 0.1) is 11.2 Å². The van der Waals surface area contributed by atoms with Crippen molar-refractivity contribution < 1.29 is 0 Å². The Labute approximate surface area is 463 Å². The highest BCUT2D eigenvalue weighted by Crippen LogP contribution is 2.64. The normalized spacial score (nSPS) is 23.9. The van der Waals surface area contributed by atoms with Crippen LogP contribution in [0.25, 0.3) is 27.7 Å². The lowest BCUT2D eigenvalue weighted by Gasteiger charge is -2.52. The maximum Gasteiger partial charge on any atom is 0.252 e. The van der Waals surface area contributed by atoms with E-state index in [4.69, 9.17) is 0 Å². The molecule has 4 aliphatic carbocycles. The Morgan fingerprint density at radius 1 is 0.481 bits per heavy atom. The molecule has 6 aromatic carbocycles. The van der Waals surface area contributed by atoms with Gasteiger partial charge in [0.2, 0.25) is 0 Å². The predicted molar refractivity (Wildman–Crippen MR) is 331 cm³/mol. The van der Waals surface area contributed by atoms with Crippen LogP contribution in [0, 0.1) is 0 Å². The summed E-state index contributed by atoms with van der Waals surface area (Å²) in [6.07, 6.45) is 9.63. The quantitative estimate of drug-likeness (QED) is 0.163. The van der Waals surface area contributed by atoms with Crippen LogP contribution in [0.4, 0.5) is 28.4 Å². The first-order chi connectivity index (χ1) is 35.9. The Morgan fingerprint density at radius 2 is 1.01 bits per heavy atom. The highest BCUT2D eigenvalue weighted by Gasteiger charge is 2.62. The van der Waals surface area contributed by atoms with Gasteiger partial charge < -0.3 is 14.4 Å². The van der Waals surface area contributed by atoms with Gasteiger partial charge >= 0.3 is 0 Å². The topological polar surface area (TPSA) is 11.4 Å². The molecule has 1 fully saturated rings. The fourth-order valence-corrected chi connectivity index (χ4v) is 17.2. The van der Waals surface area contributed by atoms with Crippen LogP contribution in [0.3, 0.4) is 0 Å². The molecule has 0 amide bonds. The summed E-state index contributed by atoms with van der Waals surface area (Å²) in [5.74, 6) is 0. The molecule has 0 radical (unpaired) electrons. The van der Waals surface area contributed by atoms with Crippen LogP contribution in [0.2, 0.25) is 0 Å². The van der Waals surface area contributed by atoms with Gasteiger partial charge in [0, 0.05) is 61.4 Å². The average Bonchev–Trinajstić information content (AvgIpc) is 4.10. The smallest absolute Gasteiger partial charge is 0.252 e. The van der Waals surface area contributed by atoms with Crippen molar-refractivity contribution in [1.29, 1.82) is 0 Å². The third kappa shape index (κ3) is 6.40. The molecule has 396 valence electrons. The lowest BCUT2D eigenvalue weighted by molar-refractivity contribution is 0.195. The molecule has 3 aliphatic heterocycles. The number of hydrogen-bond acceptors (Lipinski definition) is 2. The maximum absolute atomic E-state index is 2.98. The fraction of sp³-hybridized carbons (Fsp3) is 0.479. The molecule has 0 saturated heterocycles. The van der Waals surface area contributed by atoms with Crippen LogP contribution in [0.5, 0.6) is 0 Å². The molecule has 7 aliphatic rings. The number of nitrogens with zero attached hydrogens (tertiary/aromatic N) is 3. The third-order valence-electron chi connectivity index (χ3n) is 22.5. The average molecular weight is 1020 g/mol. The van der Waals surface area contributed by atoms with E-state index in [2.05, 4.69) is 236 Å². The molecule has 0 spiro atoms. The molecule has 3 nitrogen and oxygen atoms in total. The first-order valence-electron chi connectivity index (χ1n) is 30.0. The van der Waals surface area contributed by atoms with Crippen molar-refractivity contribution in [2.24, 2.45) is 0 Å². The maximum atomic E-state index is 2.98. The van der Waals surface area contributed by atoms with Crippen molar-refractivity contribution >= 4 is 62.4 Å². The Balaban J connectivity index is 1.16. The second-order valence-corrected chi connectivity index (χ2v) is 31.5. The van der Waals surface area contributed by atoms with Gasteiger partial charge in [0.25, 0.3) is 6.71 Å². The summed E-state index contributed by atoms with van der Waals surface area (Å²) < 4.78 is 2.85. The number of aromatic nitrogens is 1. The zero-order chi connectivity index (χ0) is 54.5. The van der Waals surface area contributed by atoms with Gasteiger partial charge in [-0.25, -0.2) is 0 Å². The van der Waals surface area contributed by atoms with E-state index in [1.807, 2.05) is 0 Å². The second kappa shape index (κ2) is 15.0. The molecule has 0 N–H and O–H groups in total. The molecule has 1 aromatic heterocycles. The zero-order valence-electron chi connectivity index (χ0n) is 50.3. The van der Waals surface area contributed by atoms with Crippen molar-refractivity contribution in [3.8, 4) is 16.8 Å². The molecular weight excluding hydrogens is 930 g/mol. The van der Waals surface area contributed by atoms with Crippen LogP contribution in [-0.4, -0.2) is 16.8 Å². The largest absolute Gasteiger partial charge is 0.335 e.